The third-order valence-corrected chi connectivity index (χ3v) is 6.70. The van der Waals surface area contributed by atoms with Crippen molar-refractivity contribution in [2.75, 3.05) is 0 Å². The SMILES string of the molecule is CCC(c1ccc(O)cc1)(c1ccc(O)cc1)c1ccc(CC(C)c2ccc(O)cc2)cc1. The summed E-state index contributed by atoms with van der Waals surface area (Å²) in [4.78, 5) is 0. The van der Waals surface area contributed by atoms with Crippen molar-refractivity contribution in [1.82, 2.24) is 0 Å². The molecule has 1 unspecified atom stereocenters. The first-order valence-corrected chi connectivity index (χ1v) is 11.4. The minimum Gasteiger partial charge on any atom is -0.508 e. The van der Waals surface area contributed by atoms with Crippen LogP contribution >= 0.6 is 0 Å². The zero-order valence-electron chi connectivity index (χ0n) is 19.1. The number of phenolic OH excluding ortho intramolecular Hbond substituents is 3. The van der Waals surface area contributed by atoms with Gasteiger partial charge in [0.15, 0.2) is 0 Å². The van der Waals surface area contributed by atoms with Gasteiger partial charge in [0.1, 0.15) is 17.2 Å². The Labute approximate surface area is 195 Å². The van der Waals surface area contributed by atoms with Crippen molar-refractivity contribution in [2.24, 2.45) is 0 Å². The highest BCUT2D eigenvalue weighted by Gasteiger charge is 2.34. The predicted molar refractivity (Wildman–Crippen MR) is 133 cm³/mol. The van der Waals surface area contributed by atoms with E-state index in [-0.39, 0.29) is 17.2 Å². The van der Waals surface area contributed by atoms with E-state index < -0.39 is 5.41 Å². The van der Waals surface area contributed by atoms with E-state index in [2.05, 4.69) is 38.1 Å². The minimum absolute atomic E-state index is 0.244. The second-order valence-corrected chi connectivity index (χ2v) is 8.75. The maximum absolute atomic E-state index is 9.86. The fourth-order valence-corrected chi connectivity index (χ4v) is 4.80. The van der Waals surface area contributed by atoms with Crippen molar-refractivity contribution in [1.29, 1.82) is 0 Å². The molecule has 0 saturated carbocycles. The summed E-state index contributed by atoms with van der Waals surface area (Å²) < 4.78 is 0. The highest BCUT2D eigenvalue weighted by atomic mass is 16.3. The van der Waals surface area contributed by atoms with Gasteiger partial charge in [-0.25, -0.2) is 0 Å². The summed E-state index contributed by atoms with van der Waals surface area (Å²) in [6, 6.07) is 31.0. The zero-order valence-corrected chi connectivity index (χ0v) is 19.1. The van der Waals surface area contributed by atoms with Gasteiger partial charge in [0, 0.05) is 5.41 Å². The first-order chi connectivity index (χ1) is 15.9. The van der Waals surface area contributed by atoms with E-state index in [1.54, 1.807) is 36.4 Å². The highest BCUT2D eigenvalue weighted by Crippen LogP contribution is 2.43. The molecule has 0 aliphatic carbocycles. The molecule has 0 fully saturated rings. The molecule has 3 nitrogen and oxygen atoms in total. The lowest BCUT2D eigenvalue weighted by Gasteiger charge is -2.35. The molecule has 0 spiro atoms. The molecule has 33 heavy (non-hydrogen) atoms. The fraction of sp³-hybridized carbons (Fsp3) is 0.200. The lowest BCUT2D eigenvalue weighted by molar-refractivity contribution is 0.473. The molecular formula is C30H30O3. The van der Waals surface area contributed by atoms with E-state index >= 15 is 0 Å². The van der Waals surface area contributed by atoms with Crippen molar-refractivity contribution in [3.8, 4) is 17.2 Å². The molecule has 0 aliphatic heterocycles. The summed E-state index contributed by atoms with van der Waals surface area (Å²) in [7, 11) is 0. The second kappa shape index (κ2) is 9.41. The van der Waals surface area contributed by atoms with Crippen LogP contribution in [0.3, 0.4) is 0 Å². The zero-order chi connectivity index (χ0) is 23.4. The van der Waals surface area contributed by atoms with Gasteiger partial charge in [0.2, 0.25) is 0 Å². The molecule has 0 radical (unpaired) electrons. The normalized spacial score (nSPS) is 12.4. The average Bonchev–Trinajstić information content (AvgIpc) is 2.83. The Balaban J connectivity index is 1.71. The molecule has 0 aromatic heterocycles. The molecule has 4 aromatic carbocycles. The summed E-state index contributed by atoms with van der Waals surface area (Å²) in [6.07, 6.45) is 1.73. The molecule has 0 heterocycles. The maximum Gasteiger partial charge on any atom is 0.115 e. The van der Waals surface area contributed by atoms with Gasteiger partial charge >= 0.3 is 0 Å². The van der Waals surface area contributed by atoms with Crippen molar-refractivity contribution in [3.05, 3.63) is 125 Å². The summed E-state index contributed by atoms with van der Waals surface area (Å²) in [5.41, 5.74) is 5.41. The van der Waals surface area contributed by atoms with Crippen LogP contribution < -0.4 is 0 Å². The van der Waals surface area contributed by atoms with Crippen molar-refractivity contribution in [3.63, 3.8) is 0 Å². The van der Waals surface area contributed by atoms with Crippen LogP contribution in [-0.2, 0) is 11.8 Å². The Bertz CT molecular complexity index is 1130. The van der Waals surface area contributed by atoms with Crippen molar-refractivity contribution in [2.45, 2.75) is 38.0 Å². The van der Waals surface area contributed by atoms with Crippen LogP contribution in [0.2, 0.25) is 0 Å². The highest BCUT2D eigenvalue weighted by molar-refractivity contribution is 5.52. The standard InChI is InChI=1S/C30H30O3/c1-3-30(25-10-16-28(32)17-11-25,26-12-18-29(33)19-13-26)24-8-4-22(5-9-24)20-21(2)23-6-14-27(31)15-7-23/h4-19,21,31-33H,3,20H2,1-2H3. The van der Waals surface area contributed by atoms with Crippen LogP contribution in [0.15, 0.2) is 97.1 Å². The van der Waals surface area contributed by atoms with E-state index in [1.165, 1.54) is 16.7 Å². The van der Waals surface area contributed by atoms with Gasteiger partial charge < -0.3 is 15.3 Å². The Morgan fingerprint density at radius 3 is 1.33 bits per heavy atom. The van der Waals surface area contributed by atoms with Gasteiger partial charge in [0.05, 0.1) is 0 Å². The molecular weight excluding hydrogens is 408 g/mol. The second-order valence-electron chi connectivity index (χ2n) is 8.75. The number of phenols is 3. The van der Waals surface area contributed by atoms with Crippen molar-refractivity contribution < 1.29 is 15.3 Å². The maximum atomic E-state index is 9.86. The average molecular weight is 439 g/mol. The first kappa shape index (κ1) is 22.5. The molecule has 0 bridgehead atoms. The predicted octanol–water partition coefficient (Wildman–Crippen LogP) is 6.89. The molecule has 168 valence electrons. The quantitative estimate of drug-likeness (QED) is 0.275. The van der Waals surface area contributed by atoms with E-state index in [9.17, 15) is 15.3 Å². The van der Waals surface area contributed by atoms with Crippen LogP contribution in [0.5, 0.6) is 17.2 Å². The topological polar surface area (TPSA) is 60.7 Å². The van der Waals surface area contributed by atoms with E-state index in [1.807, 2.05) is 36.4 Å². The van der Waals surface area contributed by atoms with Crippen molar-refractivity contribution >= 4 is 0 Å². The molecule has 4 rings (SSSR count). The number of rotatable bonds is 7. The monoisotopic (exact) mass is 438 g/mol. The van der Waals surface area contributed by atoms with Crippen LogP contribution in [-0.4, -0.2) is 15.3 Å². The number of aromatic hydroxyl groups is 3. The molecule has 0 saturated heterocycles. The van der Waals surface area contributed by atoms with Crippen LogP contribution in [0.1, 0.15) is 54.0 Å². The summed E-state index contributed by atoms with van der Waals surface area (Å²) in [6.45, 7) is 4.37. The van der Waals surface area contributed by atoms with Gasteiger partial charge in [-0.05, 0) is 83.0 Å². The molecule has 1 atom stereocenters. The van der Waals surface area contributed by atoms with Crippen LogP contribution in [0.4, 0.5) is 0 Å². The Kier molecular flexibility index (Phi) is 6.41. The van der Waals surface area contributed by atoms with E-state index in [0.29, 0.717) is 5.92 Å². The summed E-state index contributed by atoms with van der Waals surface area (Å²) in [5.74, 6) is 1.11. The summed E-state index contributed by atoms with van der Waals surface area (Å²) >= 11 is 0. The number of benzene rings is 4. The van der Waals surface area contributed by atoms with Gasteiger partial charge in [0.25, 0.3) is 0 Å². The Hall–Kier alpha value is -3.72. The largest absolute Gasteiger partial charge is 0.508 e. The third kappa shape index (κ3) is 4.58. The van der Waals surface area contributed by atoms with E-state index in [0.717, 1.165) is 24.0 Å². The lowest BCUT2D eigenvalue weighted by atomic mass is 9.67. The molecule has 0 aliphatic rings. The summed E-state index contributed by atoms with van der Waals surface area (Å²) in [5, 5.41) is 29.3. The first-order valence-electron chi connectivity index (χ1n) is 11.4. The smallest absolute Gasteiger partial charge is 0.115 e. The Morgan fingerprint density at radius 2 is 0.939 bits per heavy atom. The van der Waals surface area contributed by atoms with E-state index in [4.69, 9.17) is 0 Å². The third-order valence-electron chi connectivity index (χ3n) is 6.70. The van der Waals surface area contributed by atoms with Gasteiger partial charge in [-0.2, -0.15) is 0 Å². The molecule has 3 heteroatoms. The minimum atomic E-state index is -0.400. The van der Waals surface area contributed by atoms with Gasteiger partial charge in [-0.1, -0.05) is 74.5 Å². The molecule has 0 amide bonds. The number of hydrogen-bond donors (Lipinski definition) is 3. The van der Waals surface area contributed by atoms with Gasteiger partial charge in [-0.15, -0.1) is 0 Å². The van der Waals surface area contributed by atoms with Crippen LogP contribution in [0.25, 0.3) is 0 Å². The number of hydrogen-bond acceptors (Lipinski definition) is 3. The lowest BCUT2D eigenvalue weighted by Crippen LogP contribution is -2.28. The Morgan fingerprint density at radius 1 is 0.576 bits per heavy atom. The molecule has 3 N–H and O–H groups in total. The molecule has 4 aromatic rings. The van der Waals surface area contributed by atoms with Crippen LogP contribution in [0, 0.1) is 0 Å². The fourth-order valence-electron chi connectivity index (χ4n) is 4.80. The van der Waals surface area contributed by atoms with Gasteiger partial charge in [-0.3, -0.25) is 0 Å².